The molecule has 1 amide bonds. The third-order valence-electron chi connectivity index (χ3n) is 5.10. The molecule has 1 saturated heterocycles. The molecule has 150 valence electrons. The summed E-state index contributed by atoms with van der Waals surface area (Å²) in [5, 5.41) is 6.30. The van der Waals surface area contributed by atoms with Gasteiger partial charge >= 0.3 is 0 Å². The van der Waals surface area contributed by atoms with Crippen molar-refractivity contribution in [1.82, 2.24) is 9.88 Å². The van der Waals surface area contributed by atoms with Crippen molar-refractivity contribution < 1.29 is 4.79 Å². The van der Waals surface area contributed by atoms with Crippen LogP contribution in [0.15, 0.2) is 42.6 Å². The molecule has 1 aliphatic rings. The predicted octanol–water partition coefficient (Wildman–Crippen LogP) is 3.69. The minimum absolute atomic E-state index is 0.190. The van der Waals surface area contributed by atoms with Crippen molar-refractivity contribution in [3.05, 3.63) is 48.3 Å². The summed E-state index contributed by atoms with van der Waals surface area (Å²) >= 11 is 0. The molecule has 0 saturated carbocycles. The van der Waals surface area contributed by atoms with Gasteiger partial charge in [-0.3, -0.25) is 9.78 Å². The highest BCUT2D eigenvalue weighted by atomic mass is 16.1. The molecule has 2 N–H and O–H groups in total. The number of pyridine rings is 1. The Labute approximate surface area is 167 Å². The molecule has 0 spiro atoms. The zero-order valence-electron chi connectivity index (χ0n) is 16.9. The molecular formula is C22H31N5O. The van der Waals surface area contributed by atoms with Crippen LogP contribution >= 0.6 is 0 Å². The van der Waals surface area contributed by atoms with Crippen molar-refractivity contribution in [2.75, 3.05) is 55.3 Å². The lowest BCUT2D eigenvalue weighted by atomic mass is 10.2. The Kier molecular flexibility index (Phi) is 7.25. The largest absolute Gasteiger partial charge is 0.385 e. The topological polar surface area (TPSA) is 60.5 Å². The number of carbonyl (C=O) groups excluding carboxylic acids is 1. The van der Waals surface area contributed by atoms with Crippen LogP contribution < -0.4 is 15.5 Å². The maximum absolute atomic E-state index is 12.5. The normalized spacial score (nSPS) is 14.7. The number of anilines is 3. The van der Waals surface area contributed by atoms with E-state index in [1.807, 2.05) is 18.2 Å². The fraction of sp³-hybridized carbons (Fsp3) is 0.455. The third-order valence-corrected chi connectivity index (χ3v) is 5.10. The van der Waals surface area contributed by atoms with Crippen molar-refractivity contribution in [2.45, 2.75) is 26.2 Å². The van der Waals surface area contributed by atoms with Gasteiger partial charge in [0.25, 0.3) is 5.91 Å². The number of rotatable bonds is 8. The number of aromatic nitrogens is 1. The molecule has 0 unspecified atom stereocenters. The summed E-state index contributed by atoms with van der Waals surface area (Å²) in [4.78, 5) is 21.5. The predicted molar refractivity (Wildman–Crippen MR) is 116 cm³/mol. The summed E-state index contributed by atoms with van der Waals surface area (Å²) in [5.74, 6) is -0.190. The van der Waals surface area contributed by atoms with Gasteiger partial charge in [0.15, 0.2) is 0 Å². The second-order valence-corrected chi connectivity index (χ2v) is 7.35. The van der Waals surface area contributed by atoms with E-state index in [1.165, 1.54) is 18.5 Å². The number of piperazine rings is 1. The van der Waals surface area contributed by atoms with E-state index in [1.54, 1.807) is 12.3 Å². The van der Waals surface area contributed by atoms with Crippen LogP contribution in [0.25, 0.3) is 0 Å². The van der Waals surface area contributed by atoms with Crippen LogP contribution in [0.2, 0.25) is 0 Å². The molecule has 1 aliphatic heterocycles. The zero-order chi connectivity index (χ0) is 19.8. The molecule has 0 atom stereocenters. The number of benzene rings is 1. The van der Waals surface area contributed by atoms with Crippen LogP contribution in [0.1, 0.15) is 36.7 Å². The van der Waals surface area contributed by atoms with E-state index in [-0.39, 0.29) is 5.91 Å². The number of hydrogen-bond donors (Lipinski definition) is 2. The molecule has 1 aromatic heterocycles. The maximum atomic E-state index is 12.5. The highest BCUT2D eigenvalue weighted by molar-refractivity contribution is 6.03. The first-order valence-electron chi connectivity index (χ1n) is 10.2. The minimum Gasteiger partial charge on any atom is -0.385 e. The zero-order valence-corrected chi connectivity index (χ0v) is 16.9. The Balaban J connectivity index is 1.55. The lowest BCUT2D eigenvalue weighted by Gasteiger charge is -2.34. The van der Waals surface area contributed by atoms with Gasteiger partial charge in [0.1, 0.15) is 5.69 Å². The van der Waals surface area contributed by atoms with Gasteiger partial charge in [-0.15, -0.1) is 0 Å². The number of nitrogens with one attached hydrogen (secondary N) is 2. The molecule has 0 bridgehead atoms. The van der Waals surface area contributed by atoms with Crippen molar-refractivity contribution in [3.63, 3.8) is 0 Å². The maximum Gasteiger partial charge on any atom is 0.274 e. The van der Waals surface area contributed by atoms with Gasteiger partial charge in [-0.25, -0.2) is 0 Å². The van der Waals surface area contributed by atoms with Gasteiger partial charge in [0.05, 0.1) is 0 Å². The summed E-state index contributed by atoms with van der Waals surface area (Å²) in [6.07, 6.45) is 5.20. The third kappa shape index (κ3) is 5.70. The van der Waals surface area contributed by atoms with E-state index in [0.717, 1.165) is 50.5 Å². The molecule has 1 fully saturated rings. The van der Waals surface area contributed by atoms with Gasteiger partial charge in [-0.1, -0.05) is 19.8 Å². The van der Waals surface area contributed by atoms with Crippen LogP contribution in [0.4, 0.5) is 17.1 Å². The monoisotopic (exact) mass is 381 g/mol. The van der Waals surface area contributed by atoms with Gasteiger partial charge < -0.3 is 20.4 Å². The number of hydrogen-bond acceptors (Lipinski definition) is 5. The molecule has 0 aliphatic carbocycles. The molecule has 6 heteroatoms. The second-order valence-electron chi connectivity index (χ2n) is 7.35. The van der Waals surface area contributed by atoms with E-state index in [0.29, 0.717) is 5.69 Å². The Morgan fingerprint density at radius 3 is 2.50 bits per heavy atom. The average molecular weight is 382 g/mol. The minimum atomic E-state index is -0.190. The Hall–Kier alpha value is -2.60. The van der Waals surface area contributed by atoms with Crippen molar-refractivity contribution in [3.8, 4) is 0 Å². The first kappa shape index (κ1) is 20.1. The number of amides is 1. The molecule has 28 heavy (non-hydrogen) atoms. The fourth-order valence-electron chi connectivity index (χ4n) is 3.29. The molecule has 2 heterocycles. The van der Waals surface area contributed by atoms with Crippen LogP contribution in [0.5, 0.6) is 0 Å². The SMILES string of the molecule is CCCCCNc1ccnc(C(=O)Nc2ccc(N3CCN(C)CC3)cc2)c1. The summed E-state index contributed by atoms with van der Waals surface area (Å²) in [7, 11) is 2.15. The molecule has 0 radical (unpaired) electrons. The van der Waals surface area contributed by atoms with Gasteiger partial charge in [0.2, 0.25) is 0 Å². The quantitative estimate of drug-likeness (QED) is 0.683. The smallest absolute Gasteiger partial charge is 0.274 e. The summed E-state index contributed by atoms with van der Waals surface area (Å²) in [6, 6.07) is 11.8. The fourth-order valence-corrected chi connectivity index (χ4v) is 3.29. The number of unbranched alkanes of at least 4 members (excludes halogenated alkanes) is 2. The van der Waals surface area contributed by atoms with Gasteiger partial charge in [-0.2, -0.15) is 0 Å². The molecular weight excluding hydrogens is 350 g/mol. The highest BCUT2D eigenvalue weighted by Crippen LogP contribution is 2.20. The van der Waals surface area contributed by atoms with E-state index in [4.69, 9.17) is 0 Å². The van der Waals surface area contributed by atoms with Crippen molar-refractivity contribution in [1.29, 1.82) is 0 Å². The lowest BCUT2D eigenvalue weighted by molar-refractivity contribution is 0.102. The lowest BCUT2D eigenvalue weighted by Crippen LogP contribution is -2.44. The van der Waals surface area contributed by atoms with Gasteiger partial charge in [-0.05, 0) is 49.9 Å². The van der Waals surface area contributed by atoms with E-state index in [9.17, 15) is 4.79 Å². The number of nitrogens with zero attached hydrogens (tertiary/aromatic N) is 3. The number of carbonyl (C=O) groups is 1. The van der Waals surface area contributed by atoms with Crippen molar-refractivity contribution >= 4 is 23.0 Å². The molecule has 2 aromatic rings. The average Bonchev–Trinajstić information content (AvgIpc) is 2.73. The molecule has 6 nitrogen and oxygen atoms in total. The Bertz CT molecular complexity index is 754. The van der Waals surface area contributed by atoms with Crippen LogP contribution in [0.3, 0.4) is 0 Å². The summed E-state index contributed by atoms with van der Waals surface area (Å²) in [5.41, 5.74) is 3.33. The molecule has 1 aromatic carbocycles. The summed E-state index contributed by atoms with van der Waals surface area (Å²) in [6.45, 7) is 7.31. The molecule has 3 rings (SSSR count). The van der Waals surface area contributed by atoms with E-state index in [2.05, 4.69) is 51.5 Å². The van der Waals surface area contributed by atoms with Crippen LogP contribution in [0, 0.1) is 0 Å². The second kappa shape index (κ2) is 10.1. The Morgan fingerprint density at radius 1 is 1.04 bits per heavy atom. The number of likely N-dealkylation sites (N-methyl/N-ethyl adjacent to an activating group) is 1. The Morgan fingerprint density at radius 2 is 1.79 bits per heavy atom. The standard InChI is InChI=1S/C22H31N5O/c1-3-4-5-11-23-19-10-12-24-21(17-19)22(28)25-18-6-8-20(9-7-18)27-15-13-26(2)14-16-27/h6-10,12,17H,3-5,11,13-16H2,1-2H3,(H,23,24)(H,25,28). The summed E-state index contributed by atoms with van der Waals surface area (Å²) < 4.78 is 0. The van der Waals surface area contributed by atoms with E-state index < -0.39 is 0 Å². The first-order chi connectivity index (χ1) is 13.7. The van der Waals surface area contributed by atoms with Crippen LogP contribution in [-0.4, -0.2) is 55.6 Å². The van der Waals surface area contributed by atoms with E-state index >= 15 is 0 Å². The first-order valence-corrected chi connectivity index (χ1v) is 10.2. The highest BCUT2D eigenvalue weighted by Gasteiger charge is 2.14. The van der Waals surface area contributed by atoms with Crippen molar-refractivity contribution in [2.24, 2.45) is 0 Å². The van der Waals surface area contributed by atoms with Crippen LogP contribution in [-0.2, 0) is 0 Å². The van der Waals surface area contributed by atoms with Gasteiger partial charge in [0, 0.05) is 56.0 Å².